The van der Waals surface area contributed by atoms with E-state index in [2.05, 4.69) is 5.32 Å². The first kappa shape index (κ1) is 3.16. The van der Waals surface area contributed by atoms with E-state index in [4.69, 9.17) is 0 Å². The van der Waals surface area contributed by atoms with Crippen molar-refractivity contribution in [2.45, 2.75) is 18.9 Å². The zero-order valence-corrected chi connectivity index (χ0v) is 3.49. The Bertz CT molecular complexity index is 34.5. The SMILES string of the molecule is CNC1CC1.[HH]. The lowest BCUT2D eigenvalue weighted by Gasteiger charge is -1.80. The molecule has 0 bridgehead atoms. The molecule has 0 aromatic heterocycles. The van der Waals surface area contributed by atoms with E-state index in [0.717, 1.165) is 6.04 Å². The Labute approximate surface area is 33.9 Å². The van der Waals surface area contributed by atoms with Crippen LogP contribution in [0.3, 0.4) is 0 Å². The summed E-state index contributed by atoms with van der Waals surface area (Å²) in [6, 6.07) is 0.884. The molecule has 1 N–H and O–H groups in total. The highest BCUT2D eigenvalue weighted by Crippen LogP contribution is 2.16. The van der Waals surface area contributed by atoms with Crippen molar-refractivity contribution in [1.82, 2.24) is 5.32 Å². The molecule has 0 heterocycles. The van der Waals surface area contributed by atoms with E-state index >= 15 is 0 Å². The van der Waals surface area contributed by atoms with E-state index in [9.17, 15) is 0 Å². The maximum absolute atomic E-state index is 3.14. The minimum absolute atomic E-state index is 0. The van der Waals surface area contributed by atoms with Crippen LogP contribution >= 0.6 is 0 Å². The van der Waals surface area contributed by atoms with E-state index in [1.807, 2.05) is 7.05 Å². The predicted octanol–water partition coefficient (Wildman–Crippen LogP) is 0.614. The van der Waals surface area contributed by atoms with Crippen molar-refractivity contribution >= 4 is 0 Å². The lowest BCUT2D eigenvalue weighted by Crippen LogP contribution is -2.06. The van der Waals surface area contributed by atoms with Gasteiger partial charge in [-0.1, -0.05) is 0 Å². The summed E-state index contributed by atoms with van der Waals surface area (Å²) in [4.78, 5) is 0. The molecule has 0 aromatic rings. The maximum atomic E-state index is 3.14. The lowest BCUT2D eigenvalue weighted by atomic mass is 10.7. The van der Waals surface area contributed by atoms with Gasteiger partial charge in [-0.05, 0) is 19.9 Å². The molecule has 0 radical (unpaired) electrons. The summed E-state index contributed by atoms with van der Waals surface area (Å²) >= 11 is 0. The molecule has 0 unspecified atom stereocenters. The minimum atomic E-state index is 0. The van der Waals surface area contributed by atoms with Crippen molar-refractivity contribution in [2.24, 2.45) is 0 Å². The van der Waals surface area contributed by atoms with Gasteiger partial charge in [0.25, 0.3) is 0 Å². The molecule has 1 heteroatoms. The fourth-order valence-electron chi connectivity index (χ4n) is 0.372. The van der Waals surface area contributed by atoms with E-state index in [1.54, 1.807) is 0 Å². The third-order valence-electron chi connectivity index (χ3n) is 0.986. The van der Waals surface area contributed by atoms with Gasteiger partial charge in [0, 0.05) is 7.47 Å². The Hall–Kier alpha value is -0.0400. The molecule has 0 saturated heterocycles. The van der Waals surface area contributed by atoms with Crippen LogP contribution in [0.4, 0.5) is 0 Å². The van der Waals surface area contributed by atoms with Crippen molar-refractivity contribution in [2.75, 3.05) is 7.05 Å². The van der Waals surface area contributed by atoms with Gasteiger partial charge >= 0.3 is 0 Å². The van der Waals surface area contributed by atoms with Gasteiger partial charge in [0.2, 0.25) is 0 Å². The molecule has 0 aliphatic heterocycles. The van der Waals surface area contributed by atoms with Gasteiger partial charge in [0.1, 0.15) is 0 Å². The van der Waals surface area contributed by atoms with Crippen molar-refractivity contribution in [1.29, 1.82) is 0 Å². The largest absolute Gasteiger partial charge is 0.317 e. The Morgan fingerprint density at radius 2 is 2.40 bits per heavy atom. The second-order valence-electron chi connectivity index (χ2n) is 1.56. The van der Waals surface area contributed by atoms with Crippen LogP contribution in [0.15, 0.2) is 0 Å². The second kappa shape index (κ2) is 0.977. The van der Waals surface area contributed by atoms with Gasteiger partial charge in [0.15, 0.2) is 0 Å². The fraction of sp³-hybridized carbons (Fsp3) is 1.00. The van der Waals surface area contributed by atoms with Gasteiger partial charge in [0.05, 0.1) is 0 Å². The van der Waals surface area contributed by atoms with Crippen LogP contribution in [0.25, 0.3) is 0 Å². The van der Waals surface area contributed by atoms with Gasteiger partial charge in [-0.2, -0.15) is 0 Å². The summed E-state index contributed by atoms with van der Waals surface area (Å²) in [6.07, 6.45) is 2.80. The molecule has 1 aliphatic rings. The first-order chi connectivity index (χ1) is 2.43. The Morgan fingerprint density at radius 3 is 2.40 bits per heavy atom. The molecule has 1 nitrogen and oxygen atoms in total. The normalized spacial score (nSPS) is 23.4. The smallest absolute Gasteiger partial charge is 0.00652 e. The van der Waals surface area contributed by atoms with Crippen LogP contribution in [0.1, 0.15) is 14.3 Å². The maximum Gasteiger partial charge on any atom is 0.00652 e. The Morgan fingerprint density at radius 1 is 1.80 bits per heavy atom. The quantitative estimate of drug-likeness (QED) is 0.479. The van der Waals surface area contributed by atoms with E-state index in [1.165, 1.54) is 12.8 Å². The number of nitrogens with one attached hydrogen (secondary N) is 1. The molecule has 1 fully saturated rings. The van der Waals surface area contributed by atoms with Crippen LogP contribution in [0.5, 0.6) is 0 Å². The van der Waals surface area contributed by atoms with Gasteiger partial charge in [-0.15, -0.1) is 0 Å². The average Bonchev–Trinajstić information content (AvgIpc) is 2.12. The van der Waals surface area contributed by atoms with E-state index in [0.29, 0.717) is 0 Å². The predicted molar refractivity (Wildman–Crippen MR) is 24.2 cm³/mol. The van der Waals surface area contributed by atoms with Crippen molar-refractivity contribution in [3.8, 4) is 0 Å². The topological polar surface area (TPSA) is 12.0 Å². The lowest BCUT2D eigenvalue weighted by molar-refractivity contribution is 0.811. The third kappa shape index (κ3) is 0.618. The van der Waals surface area contributed by atoms with Crippen LogP contribution < -0.4 is 5.32 Å². The number of hydrogen-bond acceptors (Lipinski definition) is 1. The third-order valence-corrected chi connectivity index (χ3v) is 0.986. The molecule has 1 aliphatic carbocycles. The van der Waals surface area contributed by atoms with Gasteiger partial charge < -0.3 is 5.32 Å². The highest BCUT2D eigenvalue weighted by molar-refractivity contribution is 4.78. The molecule has 32 valence electrons. The van der Waals surface area contributed by atoms with Crippen molar-refractivity contribution < 1.29 is 1.43 Å². The Balaban J connectivity index is 0.000000250. The van der Waals surface area contributed by atoms with Gasteiger partial charge in [-0.3, -0.25) is 0 Å². The number of hydrogen-bond donors (Lipinski definition) is 1. The molecule has 5 heavy (non-hydrogen) atoms. The summed E-state index contributed by atoms with van der Waals surface area (Å²) in [5.41, 5.74) is 0. The number of rotatable bonds is 1. The summed E-state index contributed by atoms with van der Waals surface area (Å²) in [7, 11) is 2.01. The molecular weight excluding hydrogens is 62.1 g/mol. The standard InChI is InChI=1S/C4H9N.H2/c1-5-4-2-3-4;/h4-5H,2-3H2,1H3;1H. The molecule has 1 saturated carbocycles. The van der Waals surface area contributed by atoms with Crippen LogP contribution in [0, 0.1) is 0 Å². The van der Waals surface area contributed by atoms with Crippen LogP contribution in [0.2, 0.25) is 0 Å². The zero-order chi connectivity index (χ0) is 3.70. The van der Waals surface area contributed by atoms with Crippen molar-refractivity contribution in [3.05, 3.63) is 0 Å². The summed E-state index contributed by atoms with van der Waals surface area (Å²) in [6.45, 7) is 0. The summed E-state index contributed by atoms with van der Waals surface area (Å²) in [5.74, 6) is 0. The minimum Gasteiger partial charge on any atom is -0.317 e. The highest BCUT2D eigenvalue weighted by Gasteiger charge is 2.17. The van der Waals surface area contributed by atoms with Crippen LogP contribution in [-0.2, 0) is 0 Å². The molecule has 0 atom stereocenters. The monoisotopic (exact) mass is 73.1 g/mol. The summed E-state index contributed by atoms with van der Waals surface area (Å²) < 4.78 is 0. The molecule has 0 amide bonds. The highest BCUT2D eigenvalue weighted by atomic mass is 14.9. The molecular formula is C4H11N. The molecule has 0 spiro atoms. The van der Waals surface area contributed by atoms with Crippen molar-refractivity contribution in [3.63, 3.8) is 0 Å². The average molecular weight is 73.1 g/mol. The Kier molecular flexibility index (Phi) is 0.618. The molecule has 0 aromatic carbocycles. The zero-order valence-electron chi connectivity index (χ0n) is 3.49. The first-order valence-corrected chi connectivity index (χ1v) is 2.11. The molecule has 1 rings (SSSR count). The summed E-state index contributed by atoms with van der Waals surface area (Å²) in [5, 5.41) is 3.14. The van der Waals surface area contributed by atoms with Crippen LogP contribution in [-0.4, -0.2) is 13.1 Å². The van der Waals surface area contributed by atoms with Gasteiger partial charge in [-0.25, -0.2) is 0 Å². The fourth-order valence-corrected chi connectivity index (χ4v) is 0.372. The second-order valence-corrected chi connectivity index (χ2v) is 1.56. The van der Waals surface area contributed by atoms with E-state index < -0.39 is 0 Å². The first-order valence-electron chi connectivity index (χ1n) is 2.11. The van der Waals surface area contributed by atoms with E-state index in [-0.39, 0.29) is 1.43 Å².